The first-order valence-electron chi connectivity index (χ1n) is 18.5. The smallest absolute Gasteiger partial charge is 1.00 e. The van der Waals surface area contributed by atoms with Crippen LogP contribution in [0.15, 0.2) is 108 Å². The van der Waals surface area contributed by atoms with Crippen LogP contribution in [0.5, 0.6) is 0 Å². The summed E-state index contributed by atoms with van der Waals surface area (Å²) in [6, 6.07) is 33.7. The quantitative estimate of drug-likeness (QED) is 0.162. The predicted molar refractivity (Wildman–Crippen MR) is 218 cm³/mol. The second-order valence-corrected chi connectivity index (χ2v) is 18.4. The van der Waals surface area contributed by atoms with Gasteiger partial charge in [0.15, 0.2) is 0 Å². The Morgan fingerprint density at radius 3 is 1.33 bits per heavy atom. The summed E-state index contributed by atoms with van der Waals surface area (Å²) in [5.74, 6) is 0.573. The Labute approximate surface area is 344 Å². The van der Waals surface area contributed by atoms with Crippen LogP contribution in [0, 0.1) is 31.3 Å². The first-order valence-corrected chi connectivity index (χ1v) is 19.8. The number of halogens is 2. The number of hydrogen-bond acceptors (Lipinski definition) is 0. The minimum atomic E-state index is 0. The maximum absolute atomic E-state index is 3.57. The number of allylic oxidation sites excluding steroid dienone is 4. The fraction of sp³-hybridized carbons (Fsp3) is 0.388. The van der Waals surface area contributed by atoms with E-state index in [-0.39, 0.29) is 35.6 Å². The molecule has 1 aliphatic rings. The summed E-state index contributed by atoms with van der Waals surface area (Å²) < 4.78 is 1.42. The summed E-state index contributed by atoms with van der Waals surface area (Å²) in [4.78, 5) is 0. The minimum absolute atomic E-state index is 0. The maximum Gasteiger partial charge on any atom is -1.00 e. The molecule has 0 spiro atoms. The van der Waals surface area contributed by atoms with Crippen LogP contribution < -0.4 is 24.8 Å². The van der Waals surface area contributed by atoms with Gasteiger partial charge < -0.3 is 24.8 Å². The van der Waals surface area contributed by atoms with Gasteiger partial charge in [-0.15, -0.1) is 39.7 Å². The van der Waals surface area contributed by atoms with E-state index in [1.165, 1.54) is 99.9 Å². The standard InChI is InChI=1S/C21H25.C15H14.C13H21.2ClH.Zr/c1-20(2,3)16-7-9-18-14(12-16)11-15-13-17(21(4,5)6)8-10-19(15)18;1-12-3-7-14(8-4-12)11-15-9-5-13(2)6-10-15;1-6-10-8-11(7-2)12(9-10)13(3,4)5;;;/h7-13H,1-6H3;3-10H,1-2H3;9-10H,6-7H2,1-5H3;2*1H;/q-1;;-1;;;+2/p-2. The molecule has 1 unspecified atom stereocenters. The number of hydrogen-bond donors (Lipinski definition) is 0. The van der Waals surface area contributed by atoms with Gasteiger partial charge in [0.05, 0.1) is 0 Å². The molecule has 5 aromatic carbocycles. The Bertz CT molecular complexity index is 1860. The molecule has 1 aliphatic carbocycles. The molecular formula is C49H60Cl2Zr-2. The molecule has 0 amide bonds. The van der Waals surface area contributed by atoms with Crippen LogP contribution in [0.4, 0.5) is 0 Å². The zero-order valence-corrected chi connectivity index (χ0v) is 38.0. The topological polar surface area (TPSA) is 0 Å². The Balaban J connectivity index is 0.000000273. The molecule has 0 saturated carbocycles. The summed E-state index contributed by atoms with van der Waals surface area (Å²) in [5.41, 5.74) is 11.8. The molecule has 0 aromatic heterocycles. The second-order valence-electron chi connectivity index (χ2n) is 17.2. The van der Waals surface area contributed by atoms with Gasteiger partial charge >= 0.3 is 112 Å². The molecule has 276 valence electrons. The van der Waals surface area contributed by atoms with Gasteiger partial charge in [0.2, 0.25) is 0 Å². The molecule has 0 saturated heterocycles. The Morgan fingerprint density at radius 2 is 1.02 bits per heavy atom. The number of rotatable bonds is 4. The van der Waals surface area contributed by atoms with Crippen molar-refractivity contribution in [3.8, 4) is 0 Å². The van der Waals surface area contributed by atoms with Gasteiger partial charge in [-0.05, 0) is 10.8 Å². The summed E-state index contributed by atoms with van der Waals surface area (Å²) in [5, 5.41) is 5.48. The van der Waals surface area contributed by atoms with E-state index in [1.807, 2.05) is 0 Å². The van der Waals surface area contributed by atoms with Gasteiger partial charge in [-0.1, -0.05) is 136 Å². The molecule has 0 radical (unpaired) electrons. The van der Waals surface area contributed by atoms with Crippen molar-refractivity contribution < 1.29 is 49.0 Å². The fourth-order valence-corrected chi connectivity index (χ4v) is 7.24. The van der Waals surface area contributed by atoms with Crippen molar-refractivity contribution in [1.82, 2.24) is 0 Å². The van der Waals surface area contributed by atoms with E-state index in [9.17, 15) is 0 Å². The van der Waals surface area contributed by atoms with E-state index in [2.05, 4.69) is 193 Å². The van der Waals surface area contributed by atoms with Gasteiger partial charge in [-0.2, -0.15) is 11.6 Å². The number of aryl methyl sites for hydroxylation is 2. The van der Waals surface area contributed by atoms with Crippen molar-refractivity contribution in [2.75, 3.05) is 0 Å². The SMILES string of the molecule is CC(C)(C)c1ccc2c(c1)[cH-]c1cc(C(C)(C)C)ccc12.CCC1=[C-]C(CC)C=C1C(C)(C)C.Cc1ccc([C](=[Zr+2])c2ccc(C)cc2)cc1.[Cl-].[Cl-]. The molecule has 0 N–H and O–H groups in total. The largest absolute Gasteiger partial charge is 1.00 e. The molecule has 3 heteroatoms. The van der Waals surface area contributed by atoms with Crippen LogP contribution in [-0.4, -0.2) is 3.21 Å². The van der Waals surface area contributed by atoms with Crippen LogP contribution >= 0.6 is 0 Å². The summed E-state index contributed by atoms with van der Waals surface area (Å²) >= 11 is 1.46. The average molecular weight is 811 g/mol. The normalized spacial score (nSPS) is 14.2. The fourth-order valence-electron chi connectivity index (χ4n) is 6.42. The number of fused-ring (bicyclic) bond motifs is 3. The van der Waals surface area contributed by atoms with Crippen molar-refractivity contribution >= 4 is 24.8 Å². The van der Waals surface area contributed by atoms with Gasteiger partial charge in [0, 0.05) is 0 Å². The van der Waals surface area contributed by atoms with Gasteiger partial charge in [-0.3, -0.25) is 6.08 Å². The maximum atomic E-state index is 3.57. The van der Waals surface area contributed by atoms with E-state index < -0.39 is 0 Å². The average Bonchev–Trinajstić information content (AvgIpc) is 3.66. The molecule has 52 heavy (non-hydrogen) atoms. The van der Waals surface area contributed by atoms with Crippen molar-refractivity contribution in [2.24, 2.45) is 11.3 Å². The Hall–Kier alpha value is -2.44. The molecule has 0 heterocycles. The third-order valence-corrected chi connectivity index (χ3v) is 11.2. The van der Waals surface area contributed by atoms with Gasteiger partial charge in [0.25, 0.3) is 0 Å². The molecule has 5 aromatic rings. The van der Waals surface area contributed by atoms with E-state index >= 15 is 0 Å². The van der Waals surface area contributed by atoms with Gasteiger partial charge in [-0.25, -0.2) is 5.57 Å². The first kappa shape index (κ1) is 45.7. The van der Waals surface area contributed by atoms with E-state index in [0.29, 0.717) is 11.3 Å². The molecule has 0 nitrogen and oxygen atoms in total. The Morgan fingerprint density at radius 1 is 0.615 bits per heavy atom. The van der Waals surface area contributed by atoms with Crippen molar-refractivity contribution in [3.05, 3.63) is 148 Å². The molecule has 0 aliphatic heterocycles. The molecule has 1 atom stereocenters. The van der Waals surface area contributed by atoms with Crippen LogP contribution in [0.3, 0.4) is 0 Å². The van der Waals surface area contributed by atoms with E-state index in [0.717, 1.165) is 6.42 Å². The molecular weight excluding hydrogens is 751 g/mol. The van der Waals surface area contributed by atoms with Crippen molar-refractivity contribution in [2.45, 2.75) is 114 Å². The second kappa shape index (κ2) is 18.7. The first-order chi connectivity index (χ1) is 23.3. The summed E-state index contributed by atoms with van der Waals surface area (Å²) in [6.45, 7) is 29.2. The summed E-state index contributed by atoms with van der Waals surface area (Å²) in [7, 11) is 0. The molecule has 6 rings (SSSR count). The summed E-state index contributed by atoms with van der Waals surface area (Å²) in [6.07, 6.45) is 8.28. The van der Waals surface area contributed by atoms with Crippen LogP contribution in [0.2, 0.25) is 0 Å². The number of benzene rings is 4. The third kappa shape index (κ3) is 11.8. The van der Waals surface area contributed by atoms with E-state index in [4.69, 9.17) is 0 Å². The molecule has 0 fully saturated rings. The van der Waals surface area contributed by atoms with Crippen LogP contribution in [0.25, 0.3) is 21.5 Å². The zero-order valence-electron chi connectivity index (χ0n) is 34.0. The van der Waals surface area contributed by atoms with Crippen molar-refractivity contribution in [3.63, 3.8) is 0 Å². The predicted octanol–water partition coefficient (Wildman–Crippen LogP) is 7.87. The van der Waals surface area contributed by atoms with Crippen LogP contribution in [0.1, 0.15) is 122 Å². The van der Waals surface area contributed by atoms with Crippen molar-refractivity contribution in [1.29, 1.82) is 0 Å². The molecule has 0 bridgehead atoms. The van der Waals surface area contributed by atoms with Gasteiger partial charge in [0.1, 0.15) is 0 Å². The third-order valence-electron chi connectivity index (χ3n) is 9.77. The zero-order chi connectivity index (χ0) is 37.0. The van der Waals surface area contributed by atoms with Crippen LogP contribution in [-0.2, 0) is 35.1 Å². The monoisotopic (exact) mass is 808 g/mol. The minimum Gasteiger partial charge on any atom is -1.00 e. The van der Waals surface area contributed by atoms with E-state index in [1.54, 1.807) is 0 Å². The Kier molecular flexibility index (Phi) is 16.5.